The van der Waals surface area contributed by atoms with Crippen LogP contribution in [0.4, 0.5) is 0 Å². The average molecular weight is 1800 g/mol. The molecule has 0 aliphatic carbocycles. The summed E-state index contributed by atoms with van der Waals surface area (Å²) in [5, 5.41) is 64.0. The van der Waals surface area contributed by atoms with Gasteiger partial charge in [0.2, 0.25) is 94.5 Å². The summed E-state index contributed by atoms with van der Waals surface area (Å²) >= 11 is 1.30. The molecule has 0 fully saturated rings. The quantitative estimate of drug-likeness (QED) is 0.0143. The maximum Gasteiger partial charge on any atom is 0.326 e. The number of nitrogens with two attached hydrogens (primary N) is 6. The molecule has 44 heteroatoms. The van der Waals surface area contributed by atoms with Gasteiger partial charge >= 0.3 is 5.97 Å². The van der Waals surface area contributed by atoms with Crippen LogP contribution in [0.1, 0.15) is 163 Å². The minimum Gasteiger partial charge on any atom is -0.480 e. The second kappa shape index (κ2) is 56.9. The molecular weight excluding hydrogens is 1670 g/mol. The third-order valence-electron chi connectivity index (χ3n) is 20.9. The SMILES string of the molecule is CC[C@H](C)[C@H](NC(=O)[C@H](Cc1ccccc1)NC(=O)[C@@H](NC(=O)[C@H](C)NC(=O)[C@H](CCSC)NC(=O)[C@H](CCC(N)=O)NC(=O)[C@@H](NC(=O)[C@H](C)NC(=O)[C@@H](N)[C@@H](C)O)C(C)C)C(C)C)C(=O)N[C@@H](Cc1cnc[nH]1)C(=O)N[C@@H](CC(N)=O)C(=O)N[C@@H](Cc1ccccc1)C(=O)N[C@@H](CCCCN)C(=O)N[C@@H](CCCNC(=N)N)C(=O)N(C)[C@@H](CCCCN)C(=O)O. The predicted molar refractivity (Wildman–Crippen MR) is 472 cm³/mol. The number of carbonyl (C=O) groups excluding carboxylic acids is 16. The molecule has 17 atom stereocenters. The first-order chi connectivity index (χ1) is 60.0. The van der Waals surface area contributed by atoms with Gasteiger partial charge in [-0.15, -0.1) is 0 Å². The Bertz CT molecular complexity index is 4110. The number of hydrogen-bond donors (Lipinski definition) is 24. The molecule has 2 aromatic carbocycles. The lowest BCUT2D eigenvalue weighted by Crippen LogP contribution is -2.62. The van der Waals surface area contributed by atoms with Gasteiger partial charge in [-0.25, -0.2) is 9.78 Å². The van der Waals surface area contributed by atoms with Crippen molar-refractivity contribution >= 4 is 118 Å². The molecule has 127 heavy (non-hydrogen) atoms. The van der Waals surface area contributed by atoms with E-state index >= 15 is 9.59 Å². The third-order valence-corrected chi connectivity index (χ3v) is 21.5. The summed E-state index contributed by atoms with van der Waals surface area (Å²) in [5.41, 5.74) is 35.2. The summed E-state index contributed by atoms with van der Waals surface area (Å²) < 4.78 is 0. The number of carboxylic acid groups (broad SMARTS) is 1. The van der Waals surface area contributed by atoms with E-state index < -0.39 is 228 Å². The van der Waals surface area contributed by atoms with E-state index in [9.17, 15) is 82.1 Å². The number of thioether (sulfide) groups is 1. The molecule has 0 saturated carbocycles. The zero-order chi connectivity index (χ0) is 95.3. The molecule has 0 radical (unpaired) electrons. The number of imidazole rings is 1. The molecule has 0 saturated heterocycles. The van der Waals surface area contributed by atoms with Crippen molar-refractivity contribution in [2.24, 2.45) is 52.2 Å². The Kier molecular flexibility index (Phi) is 49.0. The number of likely N-dealkylation sites (N-methyl/N-ethyl adjacent to an activating group) is 1. The number of carbonyl (C=O) groups is 17. The molecule has 16 amide bonds. The van der Waals surface area contributed by atoms with E-state index in [1.807, 2.05) is 0 Å². The Labute approximate surface area is 743 Å². The fraction of sp³-hybridized carbons (Fsp3) is 0.602. The van der Waals surface area contributed by atoms with Crippen molar-refractivity contribution in [1.29, 1.82) is 5.41 Å². The van der Waals surface area contributed by atoms with Crippen LogP contribution in [0.3, 0.4) is 0 Å². The highest BCUT2D eigenvalue weighted by atomic mass is 32.2. The molecule has 0 spiro atoms. The first-order valence-electron chi connectivity index (χ1n) is 42.5. The van der Waals surface area contributed by atoms with Crippen LogP contribution in [0.5, 0.6) is 0 Å². The fourth-order valence-electron chi connectivity index (χ4n) is 13.0. The van der Waals surface area contributed by atoms with Gasteiger partial charge in [-0.2, -0.15) is 11.8 Å². The lowest BCUT2D eigenvalue weighted by Gasteiger charge is -2.31. The lowest BCUT2D eigenvalue weighted by atomic mass is 9.96. The largest absolute Gasteiger partial charge is 0.480 e. The predicted octanol–water partition coefficient (Wildman–Crippen LogP) is -4.83. The van der Waals surface area contributed by atoms with E-state index in [0.717, 1.165) is 4.90 Å². The van der Waals surface area contributed by atoms with E-state index in [1.54, 1.807) is 108 Å². The van der Waals surface area contributed by atoms with E-state index in [0.29, 0.717) is 30.4 Å². The van der Waals surface area contributed by atoms with Crippen LogP contribution in [0.2, 0.25) is 0 Å². The average Bonchev–Trinajstić information content (AvgIpc) is 1.34. The number of aliphatic hydroxyl groups is 1. The minimum atomic E-state index is -1.88. The van der Waals surface area contributed by atoms with E-state index in [2.05, 4.69) is 84.4 Å². The normalized spacial score (nSPS) is 15.2. The number of rotatable bonds is 60. The van der Waals surface area contributed by atoms with Crippen LogP contribution < -0.4 is 109 Å². The molecule has 0 unspecified atom stereocenters. The van der Waals surface area contributed by atoms with Crippen molar-refractivity contribution in [2.75, 3.05) is 38.7 Å². The van der Waals surface area contributed by atoms with E-state index in [1.165, 1.54) is 52.1 Å². The van der Waals surface area contributed by atoms with Gasteiger partial charge in [0.1, 0.15) is 90.6 Å². The van der Waals surface area contributed by atoms with Crippen molar-refractivity contribution in [3.8, 4) is 0 Å². The molecule has 3 aromatic rings. The molecule has 3 rings (SSSR count). The minimum absolute atomic E-state index is 0.0362. The highest BCUT2D eigenvalue weighted by Gasteiger charge is 2.41. The molecule has 706 valence electrons. The number of nitrogens with one attached hydrogen (secondary N) is 16. The second-order valence-electron chi connectivity index (χ2n) is 32.0. The number of primary amides is 2. The van der Waals surface area contributed by atoms with Crippen LogP contribution in [0.25, 0.3) is 0 Å². The van der Waals surface area contributed by atoms with Crippen molar-refractivity contribution in [1.82, 2.24) is 89.3 Å². The second-order valence-corrected chi connectivity index (χ2v) is 33.0. The van der Waals surface area contributed by atoms with Crippen LogP contribution in [0, 0.1) is 23.2 Å². The molecular formula is C83H134N24O19S. The van der Waals surface area contributed by atoms with E-state index in [-0.39, 0.29) is 108 Å². The van der Waals surface area contributed by atoms with Gasteiger partial charge in [0.05, 0.1) is 18.9 Å². The number of carboxylic acids is 1. The van der Waals surface area contributed by atoms with Gasteiger partial charge in [0.15, 0.2) is 5.96 Å². The Hall–Kier alpha value is -11.9. The fourth-order valence-corrected chi connectivity index (χ4v) is 13.5. The number of guanidine groups is 1. The summed E-state index contributed by atoms with van der Waals surface area (Å²) in [5.74, 6) is -18.3. The first kappa shape index (κ1) is 109. The monoisotopic (exact) mass is 1800 g/mol. The van der Waals surface area contributed by atoms with Crippen molar-refractivity contribution in [2.45, 2.75) is 262 Å². The molecule has 0 aliphatic heterocycles. The summed E-state index contributed by atoms with van der Waals surface area (Å²) in [4.78, 5) is 246. The standard InChI is InChI=1S/C83H134N24O19S/c1-12-46(6)67(106-76(119)58(39-51-26-17-14-18-27-51)102-79(122)66(45(4)5)105-68(111)47(7)94-70(113)55(33-37-127-11)97-72(115)54(31-32-62(86)109)98-78(121)65(44(2)3)104-69(112)48(8)95-77(120)64(88)49(9)108)80(123)103-59(40-52-42-91-43-93-52)74(117)101-60(41-63(87)110)75(118)100-57(38-50-24-15-13-16-25-50)73(116)96-53(28-19-21-34-84)71(114)99-56(29-23-36-92-83(89)90)81(124)107(10)61(82(125)126)30-20-22-35-85/h13-18,24-27,42-49,53-61,64-67,108H,12,19-23,28-41,84-85,88H2,1-11H3,(H2,86,109)(H2,87,110)(H,91,93)(H,94,113)(H,95,120)(H,96,116)(H,97,115)(H,98,121)(H,99,114)(H,100,118)(H,101,117)(H,102,122)(H,103,123)(H,104,112)(H,105,111)(H,106,119)(H,125,126)(H4,89,90,92)/t46-,47-,48-,49+,53-,54-,55-,56-,57-,58-,59-,60-,61-,64-,65-,66-,67-/m0/s1. The number of hydrogen-bond acceptors (Lipinski definition) is 24. The zero-order valence-electron chi connectivity index (χ0n) is 74.1. The Balaban J connectivity index is 1.99. The number of aromatic nitrogens is 2. The summed E-state index contributed by atoms with van der Waals surface area (Å²) in [6, 6.07) is -5.29. The Morgan fingerprint density at radius 3 is 1.32 bits per heavy atom. The molecule has 0 bridgehead atoms. The molecule has 30 N–H and O–H groups in total. The molecule has 1 heterocycles. The van der Waals surface area contributed by atoms with Crippen molar-refractivity contribution in [3.63, 3.8) is 0 Å². The summed E-state index contributed by atoms with van der Waals surface area (Å²) in [6.07, 6.45) is 2.27. The van der Waals surface area contributed by atoms with Crippen LogP contribution in [-0.4, -0.2) is 267 Å². The number of benzene rings is 2. The maximum absolute atomic E-state index is 15.0. The molecule has 1 aromatic heterocycles. The number of aliphatic hydroxyl groups excluding tert-OH is 1. The lowest BCUT2D eigenvalue weighted by molar-refractivity contribution is -0.150. The molecule has 0 aliphatic rings. The number of H-pyrrole nitrogens is 1. The number of aromatic amines is 1. The first-order valence-corrected chi connectivity index (χ1v) is 43.8. The highest BCUT2D eigenvalue weighted by molar-refractivity contribution is 7.98. The smallest absolute Gasteiger partial charge is 0.326 e. The van der Waals surface area contributed by atoms with Gasteiger partial charge in [-0.3, -0.25) is 82.1 Å². The number of unbranched alkanes of at least 4 members (excludes halogenated alkanes) is 2. The maximum atomic E-state index is 15.0. The van der Waals surface area contributed by atoms with Gasteiger partial charge in [0, 0.05) is 51.2 Å². The molecule has 43 nitrogen and oxygen atoms in total. The van der Waals surface area contributed by atoms with Gasteiger partial charge in [-0.05, 0) is 139 Å². The number of amides is 16. The highest BCUT2D eigenvalue weighted by Crippen LogP contribution is 2.18. The van der Waals surface area contributed by atoms with Crippen molar-refractivity contribution < 1.29 is 91.7 Å². The van der Waals surface area contributed by atoms with E-state index in [4.69, 9.17) is 39.8 Å². The van der Waals surface area contributed by atoms with Crippen LogP contribution in [0.15, 0.2) is 73.2 Å². The summed E-state index contributed by atoms with van der Waals surface area (Å²) in [6.45, 7) is 14.1. The number of nitrogens with zero attached hydrogens (tertiary/aromatic N) is 2. The Morgan fingerprint density at radius 1 is 0.472 bits per heavy atom. The van der Waals surface area contributed by atoms with Gasteiger partial charge in [0.25, 0.3) is 0 Å². The Morgan fingerprint density at radius 2 is 0.874 bits per heavy atom. The van der Waals surface area contributed by atoms with Gasteiger partial charge < -0.3 is 129 Å². The summed E-state index contributed by atoms with van der Waals surface area (Å²) in [7, 11) is 1.28. The van der Waals surface area contributed by atoms with Crippen LogP contribution >= 0.6 is 11.8 Å². The zero-order valence-corrected chi connectivity index (χ0v) is 75.0. The van der Waals surface area contributed by atoms with Gasteiger partial charge in [-0.1, -0.05) is 109 Å². The number of aliphatic carboxylic acids is 1. The topological polar surface area (TPSA) is 711 Å². The third kappa shape index (κ3) is 39.3. The van der Waals surface area contributed by atoms with Crippen molar-refractivity contribution in [3.05, 3.63) is 90.0 Å². The van der Waals surface area contributed by atoms with Crippen LogP contribution in [-0.2, 0) is 101 Å².